The summed E-state index contributed by atoms with van der Waals surface area (Å²) in [7, 11) is 0. The third-order valence-electron chi connectivity index (χ3n) is 5.24. The number of ether oxygens (including phenoxy) is 2. The predicted octanol–water partition coefficient (Wildman–Crippen LogP) is 3.40. The number of fused-ring (bicyclic) bond motifs is 1. The van der Waals surface area contributed by atoms with Crippen LogP contribution in [0.5, 0.6) is 11.5 Å². The maximum atomic E-state index is 12.6. The zero-order valence-corrected chi connectivity index (χ0v) is 14.8. The van der Waals surface area contributed by atoms with Crippen LogP contribution in [0.3, 0.4) is 0 Å². The molecule has 0 saturated heterocycles. The molecule has 0 unspecified atom stereocenters. The molecule has 4 rings (SSSR count). The van der Waals surface area contributed by atoms with E-state index in [4.69, 9.17) is 9.47 Å². The Morgan fingerprint density at radius 3 is 2.64 bits per heavy atom. The molecule has 0 radical (unpaired) electrons. The molecule has 1 aliphatic carbocycles. The first-order valence-corrected chi connectivity index (χ1v) is 9.00. The standard InChI is InChI=1S/C20H24N2O3/c1-13-10-17(20(23)21-12-15-4-3-5-15)14(2)22(13)16-6-7-18-19(11-16)25-9-8-24-18/h6-7,10-11,15H,3-5,8-9,12H2,1-2H3,(H,21,23). The van der Waals surface area contributed by atoms with Gasteiger partial charge in [-0.05, 0) is 50.8 Å². The normalized spacial score (nSPS) is 16.4. The van der Waals surface area contributed by atoms with E-state index in [1.165, 1.54) is 19.3 Å². The van der Waals surface area contributed by atoms with Crippen LogP contribution in [-0.2, 0) is 0 Å². The zero-order valence-electron chi connectivity index (χ0n) is 14.8. The van der Waals surface area contributed by atoms with Crippen molar-refractivity contribution < 1.29 is 14.3 Å². The van der Waals surface area contributed by atoms with Crippen LogP contribution < -0.4 is 14.8 Å². The Kier molecular flexibility index (Phi) is 4.15. The summed E-state index contributed by atoms with van der Waals surface area (Å²) in [6, 6.07) is 7.87. The Bertz CT molecular complexity index is 806. The molecule has 25 heavy (non-hydrogen) atoms. The van der Waals surface area contributed by atoms with Crippen molar-refractivity contribution in [3.8, 4) is 17.2 Å². The van der Waals surface area contributed by atoms with Crippen molar-refractivity contribution >= 4 is 5.91 Å². The first kappa shape index (κ1) is 16.1. The van der Waals surface area contributed by atoms with E-state index in [1.54, 1.807) is 0 Å². The molecule has 132 valence electrons. The molecule has 1 fully saturated rings. The third-order valence-corrected chi connectivity index (χ3v) is 5.24. The number of aryl methyl sites for hydroxylation is 1. The van der Waals surface area contributed by atoms with Gasteiger partial charge in [-0.15, -0.1) is 0 Å². The van der Waals surface area contributed by atoms with E-state index >= 15 is 0 Å². The molecule has 0 atom stereocenters. The molecule has 1 aromatic heterocycles. The van der Waals surface area contributed by atoms with Gasteiger partial charge in [-0.1, -0.05) is 6.42 Å². The Hall–Kier alpha value is -2.43. The van der Waals surface area contributed by atoms with Crippen LogP contribution in [-0.4, -0.2) is 30.2 Å². The number of rotatable bonds is 4. The fourth-order valence-corrected chi connectivity index (χ4v) is 3.59. The van der Waals surface area contributed by atoms with E-state index in [2.05, 4.69) is 9.88 Å². The molecule has 1 saturated carbocycles. The van der Waals surface area contributed by atoms with Crippen molar-refractivity contribution in [2.24, 2.45) is 5.92 Å². The first-order chi connectivity index (χ1) is 12.1. The van der Waals surface area contributed by atoms with Gasteiger partial charge in [0.25, 0.3) is 5.91 Å². The van der Waals surface area contributed by atoms with E-state index in [1.807, 2.05) is 38.1 Å². The van der Waals surface area contributed by atoms with Gasteiger partial charge in [0.2, 0.25) is 0 Å². The van der Waals surface area contributed by atoms with Crippen molar-refractivity contribution in [2.75, 3.05) is 19.8 Å². The number of carbonyl (C=O) groups excluding carboxylic acids is 1. The summed E-state index contributed by atoms with van der Waals surface area (Å²) in [4.78, 5) is 12.6. The average Bonchev–Trinajstić information content (AvgIpc) is 2.87. The molecule has 1 aromatic carbocycles. The Labute approximate surface area is 147 Å². The number of aromatic nitrogens is 1. The van der Waals surface area contributed by atoms with Crippen LogP contribution in [0.1, 0.15) is 41.0 Å². The van der Waals surface area contributed by atoms with Crippen LogP contribution in [0.25, 0.3) is 5.69 Å². The van der Waals surface area contributed by atoms with Gasteiger partial charge < -0.3 is 19.4 Å². The number of hydrogen-bond acceptors (Lipinski definition) is 3. The van der Waals surface area contributed by atoms with Gasteiger partial charge in [0.15, 0.2) is 11.5 Å². The van der Waals surface area contributed by atoms with Gasteiger partial charge in [-0.2, -0.15) is 0 Å². The largest absolute Gasteiger partial charge is 0.486 e. The number of benzene rings is 1. The second-order valence-corrected chi connectivity index (χ2v) is 6.96. The minimum atomic E-state index is 0.0174. The fraction of sp³-hybridized carbons (Fsp3) is 0.450. The van der Waals surface area contributed by atoms with Gasteiger partial charge in [-0.3, -0.25) is 4.79 Å². The highest BCUT2D eigenvalue weighted by molar-refractivity contribution is 5.96. The molecule has 2 aromatic rings. The lowest BCUT2D eigenvalue weighted by molar-refractivity contribution is 0.0938. The van der Waals surface area contributed by atoms with E-state index in [9.17, 15) is 4.79 Å². The molecule has 1 amide bonds. The molecule has 5 heteroatoms. The lowest BCUT2D eigenvalue weighted by Crippen LogP contribution is -2.32. The molecule has 2 heterocycles. The number of carbonyl (C=O) groups is 1. The summed E-state index contributed by atoms with van der Waals surface area (Å²) < 4.78 is 13.4. The zero-order chi connectivity index (χ0) is 17.4. The monoisotopic (exact) mass is 340 g/mol. The first-order valence-electron chi connectivity index (χ1n) is 9.00. The maximum Gasteiger partial charge on any atom is 0.253 e. The van der Waals surface area contributed by atoms with Crippen LogP contribution in [0.4, 0.5) is 0 Å². The van der Waals surface area contributed by atoms with Crippen molar-refractivity contribution in [2.45, 2.75) is 33.1 Å². The SMILES string of the molecule is Cc1cc(C(=O)NCC2CCC2)c(C)n1-c1ccc2c(c1)OCCO2. The van der Waals surface area contributed by atoms with E-state index < -0.39 is 0 Å². The Morgan fingerprint density at radius 1 is 1.16 bits per heavy atom. The van der Waals surface area contributed by atoms with Crippen molar-refractivity contribution in [1.29, 1.82) is 0 Å². The summed E-state index contributed by atoms with van der Waals surface area (Å²) >= 11 is 0. The summed E-state index contributed by atoms with van der Waals surface area (Å²) in [5.74, 6) is 2.21. The Balaban J connectivity index is 1.60. The summed E-state index contributed by atoms with van der Waals surface area (Å²) in [6.45, 7) is 5.94. The van der Waals surface area contributed by atoms with Gasteiger partial charge in [0.1, 0.15) is 13.2 Å². The highest BCUT2D eigenvalue weighted by Gasteiger charge is 2.21. The quantitative estimate of drug-likeness (QED) is 0.928. The number of nitrogens with zero attached hydrogens (tertiary/aromatic N) is 1. The van der Waals surface area contributed by atoms with Crippen molar-refractivity contribution in [3.63, 3.8) is 0 Å². The molecule has 0 spiro atoms. The average molecular weight is 340 g/mol. The molecule has 0 bridgehead atoms. The third kappa shape index (κ3) is 2.99. The topological polar surface area (TPSA) is 52.5 Å². The summed E-state index contributed by atoms with van der Waals surface area (Å²) in [5, 5.41) is 3.09. The highest BCUT2D eigenvalue weighted by atomic mass is 16.6. The second-order valence-electron chi connectivity index (χ2n) is 6.96. The lowest BCUT2D eigenvalue weighted by atomic mass is 9.85. The van der Waals surface area contributed by atoms with Crippen molar-refractivity contribution in [3.05, 3.63) is 41.2 Å². The summed E-state index contributed by atoms with van der Waals surface area (Å²) in [5.41, 5.74) is 3.70. The molecular formula is C20H24N2O3. The van der Waals surface area contributed by atoms with Crippen LogP contribution in [0.2, 0.25) is 0 Å². The van der Waals surface area contributed by atoms with Gasteiger partial charge in [-0.25, -0.2) is 0 Å². The molecule has 2 aliphatic rings. The van der Waals surface area contributed by atoms with Crippen LogP contribution in [0.15, 0.2) is 24.3 Å². The number of nitrogens with one attached hydrogen (secondary N) is 1. The molecule has 1 N–H and O–H groups in total. The summed E-state index contributed by atoms with van der Waals surface area (Å²) in [6.07, 6.45) is 3.76. The van der Waals surface area contributed by atoms with E-state index in [0.29, 0.717) is 19.1 Å². The maximum absolute atomic E-state index is 12.6. The number of hydrogen-bond donors (Lipinski definition) is 1. The number of amides is 1. The van der Waals surface area contributed by atoms with Crippen LogP contribution in [0, 0.1) is 19.8 Å². The minimum Gasteiger partial charge on any atom is -0.486 e. The smallest absolute Gasteiger partial charge is 0.253 e. The lowest BCUT2D eigenvalue weighted by Gasteiger charge is -2.25. The van der Waals surface area contributed by atoms with Gasteiger partial charge in [0, 0.05) is 29.7 Å². The fourth-order valence-electron chi connectivity index (χ4n) is 3.59. The predicted molar refractivity (Wildman–Crippen MR) is 95.9 cm³/mol. The van der Waals surface area contributed by atoms with Crippen LogP contribution >= 0.6 is 0 Å². The molecule has 5 nitrogen and oxygen atoms in total. The minimum absolute atomic E-state index is 0.0174. The molecular weight excluding hydrogens is 316 g/mol. The van der Waals surface area contributed by atoms with E-state index in [-0.39, 0.29) is 5.91 Å². The van der Waals surface area contributed by atoms with Gasteiger partial charge in [0.05, 0.1) is 5.56 Å². The second kappa shape index (κ2) is 6.47. The molecule has 1 aliphatic heterocycles. The van der Waals surface area contributed by atoms with E-state index in [0.717, 1.165) is 40.7 Å². The van der Waals surface area contributed by atoms with Gasteiger partial charge >= 0.3 is 0 Å². The Morgan fingerprint density at radius 2 is 1.92 bits per heavy atom. The highest BCUT2D eigenvalue weighted by Crippen LogP contribution is 2.33. The van der Waals surface area contributed by atoms with Crippen molar-refractivity contribution in [1.82, 2.24) is 9.88 Å².